The average Bonchev–Trinajstić information content (AvgIpc) is 3.18. The maximum absolute atomic E-state index is 12.5. The van der Waals surface area contributed by atoms with Crippen molar-refractivity contribution >= 4 is 23.4 Å². The first-order chi connectivity index (χ1) is 12.7. The molecule has 0 bridgehead atoms. The van der Waals surface area contributed by atoms with Gasteiger partial charge in [0.1, 0.15) is 5.03 Å². The van der Waals surface area contributed by atoms with E-state index >= 15 is 0 Å². The van der Waals surface area contributed by atoms with E-state index in [1.807, 2.05) is 43.3 Å². The molecule has 0 aliphatic heterocycles. The molecule has 3 rings (SSSR count). The minimum Gasteiger partial charge on any atom is -0.379 e. The number of carbonyl (C=O) groups is 1. The van der Waals surface area contributed by atoms with Crippen molar-refractivity contribution < 1.29 is 4.79 Å². The molecular formula is C18H20N6OS. The van der Waals surface area contributed by atoms with Crippen molar-refractivity contribution in [2.24, 2.45) is 0 Å². The maximum atomic E-state index is 12.5. The predicted molar refractivity (Wildman–Crippen MR) is 102 cm³/mol. The van der Waals surface area contributed by atoms with Crippen LogP contribution in [0.4, 0.5) is 5.69 Å². The van der Waals surface area contributed by atoms with E-state index in [2.05, 4.69) is 31.0 Å². The van der Waals surface area contributed by atoms with E-state index in [0.29, 0.717) is 18.7 Å². The van der Waals surface area contributed by atoms with Crippen molar-refractivity contribution in [2.45, 2.75) is 18.5 Å². The molecule has 0 saturated heterocycles. The number of nitrogens with one attached hydrogen (secondary N) is 3. The third-order valence-corrected chi connectivity index (χ3v) is 4.70. The van der Waals surface area contributed by atoms with E-state index in [1.165, 1.54) is 11.8 Å². The summed E-state index contributed by atoms with van der Waals surface area (Å²) >= 11 is 1.54. The summed E-state index contributed by atoms with van der Waals surface area (Å²) in [5, 5.41) is 17.4. The summed E-state index contributed by atoms with van der Waals surface area (Å²) in [5.41, 5.74) is 3.47. The largest absolute Gasteiger partial charge is 0.379 e. The molecule has 0 spiro atoms. The molecule has 0 saturated carbocycles. The number of H-pyrrole nitrogens is 1. The molecule has 0 aliphatic rings. The standard InChI is InChI=1S/C18H20N6OS/c1-13-15(18(25)20-9-10-26-17-12-22-24-23-17)6-4-7-16(13)21-11-14-5-2-3-8-19-14/h2-8,12,21H,9-11H2,1H3,(H,20,25)(H,22,23,24). The lowest BCUT2D eigenvalue weighted by Gasteiger charge is -2.13. The van der Waals surface area contributed by atoms with E-state index in [9.17, 15) is 4.79 Å². The highest BCUT2D eigenvalue weighted by Crippen LogP contribution is 2.19. The van der Waals surface area contributed by atoms with Gasteiger partial charge in [0.15, 0.2) is 0 Å². The zero-order valence-electron chi connectivity index (χ0n) is 14.4. The van der Waals surface area contributed by atoms with Crippen molar-refractivity contribution in [2.75, 3.05) is 17.6 Å². The van der Waals surface area contributed by atoms with Gasteiger partial charge in [0, 0.05) is 29.7 Å². The highest BCUT2D eigenvalue weighted by Gasteiger charge is 2.11. The lowest BCUT2D eigenvalue weighted by atomic mass is 10.1. The molecule has 7 nitrogen and oxygen atoms in total. The molecule has 2 aromatic heterocycles. The Morgan fingerprint density at radius 1 is 1.23 bits per heavy atom. The second-order valence-corrected chi connectivity index (χ2v) is 6.68. The summed E-state index contributed by atoms with van der Waals surface area (Å²) in [4.78, 5) is 16.8. The molecule has 0 fully saturated rings. The Morgan fingerprint density at radius 2 is 2.15 bits per heavy atom. The number of hydrogen-bond donors (Lipinski definition) is 3. The summed E-state index contributed by atoms with van der Waals surface area (Å²) < 4.78 is 0. The lowest BCUT2D eigenvalue weighted by Crippen LogP contribution is -2.26. The Hall–Kier alpha value is -2.87. The van der Waals surface area contributed by atoms with Crippen LogP contribution in [0.15, 0.2) is 53.8 Å². The van der Waals surface area contributed by atoms with Crippen LogP contribution in [0.1, 0.15) is 21.6 Å². The maximum Gasteiger partial charge on any atom is 0.251 e. The molecule has 3 aromatic rings. The quantitative estimate of drug-likeness (QED) is 0.418. The molecule has 26 heavy (non-hydrogen) atoms. The van der Waals surface area contributed by atoms with Crippen LogP contribution in [0.2, 0.25) is 0 Å². The van der Waals surface area contributed by atoms with Gasteiger partial charge in [0.2, 0.25) is 0 Å². The summed E-state index contributed by atoms with van der Waals surface area (Å²) in [6.07, 6.45) is 3.43. The molecule has 2 heterocycles. The zero-order chi connectivity index (χ0) is 18.2. The van der Waals surface area contributed by atoms with Crippen molar-refractivity contribution in [3.63, 3.8) is 0 Å². The highest BCUT2D eigenvalue weighted by atomic mass is 32.2. The minimum absolute atomic E-state index is 0.0789. The molecule has 1 aromatic carbocycles. The van der Waals surface area contributed by atoms with Crippen LogP contribution >= 0.6 is 11.8 Å². The van der Waals surface area contributed by atoms with Crippen molar-refractivity contribution in [3.05, 3.63) is 65.6 Å². The Labute approximate surface area is 156 Å². The van der Waals surface area contributed by atoms with Gasteiger partial charge in [-0.15, -0.1) is 16.9 Å². The van der Waals surface area contributed by atoms with Crippen molar-refractivity contribution in [1.82, 2.24) is 25.7 Å². The number of hydrogen-bond acceptors (Lipinski definition) is 6. The van der Waals surface area contributed by atoms with Crippen LogP contribution in [0.3, 0.4) is 0 Å². The first-order valence-electron chi connectivity index (χ1n) is 8.24. The number of rotatable bonds is 8. The van der Waals surface area contributed by atoms with Gasteiger partial charge in [-0.2, -0.15) is 10.3 Å². The Morgan fingerprint density at radius 3 is 2.92 bits per heavy atom. The molecule has 134 valence electrons. The Balaban J connectivity index is 1.54. The second-order valence-electron chi connectivity index (χ2n) is 5.57. The minimum atomic E-state index is -0.0789. The van der Waals surface area contributed by atoms with Gasteiger partial charge in [-0.25, -0.2) is 0 Å². The topological polar surface area (TPSA) is 95.6 Å². The van der Waals surface area contributed by atoms with Crippen molar-refractivity contribution in [1.29, 1.82) is 0 Å². The zero-order valence-corrected chi connectivity index (χ0v) is 15.2. The van der Waals surface area contributed by atoms with Gasteiger partial charge in [-0.05, 0) is 36.8 Å². The Kier molecular flexibility index (Phi) is 6.21. The second kappa shape index (κ2) is 9.00. The van der Waals surface area contributed by atoms with Gasteiger partial charge in [-0.1, -0.05) is 12.1 Å². The van der Waals surface area contributed by atoms with E-state index in [1.54, 1.807) is 12.4 Å². The van der Waals surface area contributed by atoms with Crippen LogP contribution in [0, 0.1) is 6.92 Å². The molecule has 1 amide bonds. The number of anilines is 1. The van der Waals surface area contributed by atoms with Crippen LogP contribution in [0.25, 0.3) is 0 Å². The molecule has 0 radical (unpaired) electrons. The fourth-order valence-electron chi connectivity index (χ4n) is 2.44. The molecule has 3 N–H and O–H groups in total. The van der Waals surface area contributed by atoms with E-state index in [4.69, 9.17) is 0 Å². The van der Waals surface area contributed by atoms with Gasteiger partial charge < -0.3 is 10.6 Å². The van der Waals surface area contributed by atoms with Crippen LogP contribution in [-0.2, 0) is 6.54 Å². The molecule has 0 unspecified atom stereocenters. The van der Waals surface area contributed by atoms with Gasteiger partial charge in [-0.3, -0.25) is 9.78 Å². The number of benzene rings is 1. The number of amides is 1. The smallest absolute Gasteiger partial charge is 0.251 e. The summed E-state index contributed by atoms with van der Waals surface area (Å²) in [6, 6.07) is 11.5. The molecule has 0 atom stereocenters. The molecule has 0 aliphatic carbocycles. The first kappa shape index (κ1) is 17.9. The van der Waals surface area contributed by atoms with Crippen LogP contribution in [-0.4, -0.2) is 38.6 Å². The summed E-state index contributed by atoms with van der Waals surface area (Å²) in [7, 11) is 0. The number of thioether (sulfide) groups is 1. The summed E-state index contributed by atoms with van der Waals surface area (Å²) in [5.74, 6) is 0.652. The van der Waals surface area contributed by atoms with Crippen LogP contribution < -0.4 is 10.6 Å². The predicted octanol–water partition coefficient (Wildman–Crippen LogP) is 2.64. The number of carbonyl (C=O) groups excluding carboxylic acids is 1. The molecule has 8 heteroatoms. The Bertz CT molecular complexity index is 838. The highest BCUT2D eigenvalue weighted by molar-refractivity contribution is 7.99. The van der Waals surface area contributed by atoms with E-state index < -0.39 is 0 Å². The van der Waals surface area contributed by atoms with Gasteiger partial charge in [0.25, 0.3) is 5.91 Å². The normalized spacial score (nSPS) is 10.5. The number of pyridine rings is 1. The third-order valence-electron chi connectivity index (χ3n) is 3.80. The van der Waals surface area contributed by atoms with Crippen LogP contribution in [0.5, 0.6) is 0 Å². The first-order valence-corrected chi connectivity index (χ1v) is 9.23. The summed E-state index contributed by atoms with van der Waals surface area (Å²) in [6.45, 7) is 3.11. The SMILES string of the molecule is Cc1c(NCc2ccccn2)cccc1C(=O)NCCSc1cn[nH]n1. The fourth-order valence-corrected chi connectivity index (χ4v) is 3.08. The average molecular weight is 368 g/mol. The van der Waals surface area contributed by atoms with E-state index in [0.717, 1.165) is 27.7 Å². The molecular weight excluding hydrogens is 348 g/mol. The van der Waals surface area contributed by atoms with E-state index in [-0.39, 0.29) is 5.91 Å². The van der Waals surface area contributed by atoms with Gasteiger partial charge >= 0.3 is 0 Å². The number of aromatic nitrogens is 4. The van der Waals surface area contributed by atoms with Crippen molar-refractivity contribution in [3.8, 4) is 0 Å². The number of aromatic amines is 1. The number of nitrogens with zero attached hydrogens (tertiary/aromatic N) is 3. The lowest BCUT2D eigenvalue weighted by molar-refractivity contribution is 0.0955. The monoisotopic (exact) mass is 368 g/mol. The fraction of sp³-hybridized carbons (Fsp3) is 0.222. The van der Waals surface area contributed by atoms with Gasteiger partial charge in [0.05, 0.1) is 18.4 Å². The third kappa shape index (κ3) is 4.82.